The average Bonchev–Trinajstić information content (AvgIpc) is 2.03. The van der Waals surface area contributed by atoms with Gasteiger partial charge in [0.25, 0.3) is 0 Å². The lowest BCUT2D eigenvalue weighted by Gasteiger charge is -1.96. The first kappa shape index (κ1) is 7.05. The zero-order chi connectivity index (χ0) is 7.23. The zero-order valence-corrected chi connectivity index (χ0v) is 5.36. The van der Waals surface area contributed by atoms with Crippen molar-refractivity contribution in [3.63, 3.8) is 0 Å². The summed E-state index contributed by atoms with van der Waals surface area (Å²) >= 11 is 0. The van der Waals surface area contributed by atoms with Crippen LogP contribution in [-0.4, -0.2) is 6.79 Å². The van der Waals surface area contributed by atoms with Crippen molar-refractivity contribution in [2.45, 2.75) is 0 Å². The van der Waals surface area contributed by atoms with Gasteiger partial charge >= 0.3 is 0 Å². The van der Waals surface area contributed by atoms with E-state index in [0.29, 0.717) is 5.69 Å². The molecule has 3 nitrogen and oxygen atoms in total. The van der Waals surface area contributed by atoms with Crippen molar-refractivity contribution in [2.24, 2.45) is 0 Å². The molecule has 0 saturated heterocycles. The molecule has 2 radical (unpaired) electrons. The number of hydrogen-bond donors (Lipinski definition) is 0. The van der Waals surface area contributed by atoms with Crippen LogP contribution in [0.5, 0.6) is 0 Å². The minimum Gasteiger partial charge on any atom is -0.220 e. The van der Waals surface area contributed by atoms with E-state index in [4.69, 9.17) is 0 Å². The smallest absolute Gasteiger partial charge is 0.209 e. The fraction of sp³-hybridized carbons (Fsp3) is 0.143. The van der Waals surface area contributed by atoms with E-state index >= 15 is 0 Å². The standard InChI is InChI=1S/C7H7NO2/c9-6-10-8-7-4-2-1-3-5-7/h1-5H,6H2. The Labute approximate surface area is 59.2 Å². The predicted octanol–water partition coefficient (Wildman–Crippen LogP) is 1.24. The molecule has 0 bridgehead atoms. The number of nitrogens with zero attached hydrogens (tertiary/aromatic N) is 1. The molecule has 0 atom stereocenters. The Kier molecular flexibility index (Phi) is 2.73. The molecule has 0 heterocycles. The Morgan fingerprint density at radius 2 is 2.00 bits per heavy atom. The Balaban J connectivity index is 2.43. The third kappa shape index (κ3) is 2.05. The summed E-state index contributed by atoms with van der Waals surface area (Å²) in [5, 5.41) is 9.79. The predicted molar refractivity (Wildman–Crippen MR) is 34.9 cm³/mol. The zero-order valence-electron chi connectivity index (χ0n) is 5.36. The molecule has 0 aliphatic heterocycles. The van der Waals surface area contributed by atoms with E-state index in [1.807, 2.05) is 18.2 Å². The summed E-state index contributed by atoms with van der Waals surface area (Å²) < 4.78 is 0. The minimum absolute atomic E-state index is 0.630. The third-order valence-corrected chi connectivity index (χ3v) is 0.979. The highest BCUT2D eigenvalue weighted by Crippen LogP contribution is 2.03. The topological polar surface area (TPSA) is 43.2 Å². The molecule has 0 aliphatic rings. The van der Waals surface area contributed by atoms with Gasteiger partial charge in [0, 0.05) is 0 Å². The van der Waals surface area contributed by atoms with Crippen molar-refractivity contribution < 1.29 is 9.94 Å². The Morgan fingerprint density at radius 3 is 2.60 bits per heavy atom. The third-order valence-electron chi connectivity index (χ3n) is 0.979. The lowest BCUT2D eigenvalue weighted by Crippen LogP contribution is -1.98. The van der Waals surface area contributed by atoms with E-state index in [9.17, 15) is 5.11 Å². The summed E-state index contributed by atoms with van der Waals surface area (Å²) in [6.07, 6.45) is 0. The highest BCUT2D eigenvalue weighted by Gasteiger charge is 1.88. The summed E-state index contributed by atoms with van der Waals surface area (Å²) in [7, 11) is 0. The molecule has 0 unspecified atom stereocenters. The van der Waals surface area contributed by atoms with Gasteiger partial charge in [0.2, 0.25) is 6.79 Å². The number of hydrogen-bond acceptors (Lipinski definition) is 1. The summed E-state index contributed by atoms with van der Waals surface area (Å²) in [5.41, 5.74) is 4.18. The second-order valence-electron chi connectivity index (χ2n) is 1.67. The van der Waals surface area contributed by atoms with Gasteiger partial charge in [0.1, 0.15) is 0 Å². The number of rotatable bonds is 3. The number of benzene rings is 1. The Morgan fingerprint density at radius 1 is 1.30 bits per heavy atom. The highest BCUT2D eigenvalue weighted by molar-refractivity contribution is 5.33. The summed E-state index contributed by atoms with van der Waals surface area (Å²) in [5.74, 6) is 0. The largest absolute Gasteiger partial charge is 0.220 e. The minimum atomic E-state index is -0.630. The summed E-state index contributed by atoms with van der Waals surface area (Å²) in [4.78, 5) is 4.29. The molecule has 0 fully saturated rings. The van der Waals surface area contributed by atoms with E-state index in [1.165, 1.54) is 0 Å². The average molecular weight is 137 g/mol. The van der Waals surface area contributed by atoms with E-state index in [2.05, 4.69) is 10.3 Å². The summed E-state index contributed by atoms with van der Waals surface area (Å²) in [6, 6.07) is 9.04. The van der Waals surface area contributed by atoms with E-state index in [1.54, 1.807) is 12.1 Å². The van der Waals surface area contributed by atoms with Crippen LogP contribution in [0.2, 0.25) is 0 Å². The van der Waals surface area contributed by atoms with Gasteiger partial charge in [-0.25, -0.2) is 9.94 Å². The van der Waals surface area contributed by atoms with Gasteiger partial charge in [-0.05, 0) is 12.1 Å². The van der Waals surface area contributed by atoms with Crippen LogP contribution < -0.4 is 5.48 Å². The van der Waals surface area contributed by atoms with Crippen LogP contribution in [0.3, 0.4) is 0 Å². The lowest BCUT2D eigenvalue weighted by atomic mass is 10.3. The summed E-state index contributed by atoms with van der Waals surface area (Å²) in [6.45, 7) is -0.630. The van der Waals surface area contributed by atoms with Crippen molar-refractivity contribution in [3.8, 4) is 0 Å². The van der Waals surface area contributed by atoms with Gasteiger partial charge in [-0.15, -0.1) is 5.48 Å². The molecule has 10 heavy (non-hydrogen) atoms. The molecule has 1 aromatic rings. The fourth-order valence-electron chi connectivity index (χ4n) is 0.590. The van der Waals surface area contributed by atoms with Gasteiger partial charge in [0.15, 0.2) is 0 Å². The molecule has 0 N–H and O–H groups in total. The molecule has 0 saturated carbocycles. The van der Waals surface area contributed by atoms with Gasteiger partial charge < -0.3 is 0 Å². The molecular formula is C7H7NO2. The van der Waals surface area contributed by atoms with Gasteiger partial charge in [-0.2, -0.15) is 0 Å². The van der Waals surface area contributed by atoms with Crippen molar-refractivity contribution in [1.82, 2.24) is 5.48 Å². The first-order valence-electron chi connectivity index (χ1n) is 2.89. The van der Waals surface area contributed by atoms with Crippen LogP contribution in [-0.2, 0) is 9.94 Å². The lowest BCUT2D eigenvalue weighted by molar-refractivity contribution is -0.0806. The van der Waals surface area contributed by atoms with E-state index in [-0.39, 0.29) is 0 Å². The van der Waals surface area contributed by atoms with Gasteiger partial charge in [-0.1, -0.05) is 18.2 Å². The van der Waals surface area contributed by atoms with Gasteiger partial charge in [-0.3, -0.25) is 0 Å². The highest BCUT2D eigenvalue weighted by atomic mass is 16.7. The van der Waals surface area contributed by atoms with E-state index < -0.39 is 6.79 Å². The second kappa shape index (κ2) is 3.87. The maximum absolute atomic E-state index is 9.79. The van der Waals surface area contributed by atoms with Crippen LogP contribution in [0.1, 0.15) is 0 Å². The van der Waals surface area contributed by atoms with Crippen LogP contribution in [0.25, 0.3) is 0 Å². The normalized spacial score (nSPS) is 9.30. The van der Waals surface area contributed by atoms with Crippen LogP contribution in [0.15, 0.2) is 30.3 Å². The Bertz CT molecular complexity index is 176. The molecule has 3 heteroatoms. The van der Waals surface area contributed by atoms with Crippen LogP contribution in [0, 0.1) is 0 Å². The SMILES string of the molecule is [O]CO[N]c1ccccc1. The van der Waals surface area contributed by atoms with Crippen molar-refractivity contribution in [3.05, 3.63) is 30.3 Å². The quantitative estimate of drug-likeness (QED) is 0.456. The van der Waals surface area contributed by atoms with Crippen molar-refractivity contribution in [2.75, 3.05) is 6.79 Å². The monoisotopic (exact) mass is 137 g/mol. The van der Waals surface area contributed by atoms with Gasteiger partial charge in [0.05, 0.1) is 5.69 Å². The van der Waals surface area contributed by atoms with Crippen LogP contribution >= 0.6 is 0 Å². The van der Waals surface area contributed by atoms with Crippen LogP contribution in [0.4, 0.5) is 5.69 Å². The molecule has 0 spiro atoms. The molecule has 0 aliphatic carbocycles. The first-order chi connectivity index (χ1) is 4.93. The maximum Gasteiger partial charge on any atom is 0.209 e. The van der Waals surface area contributed by atoms with Crippen molar-refractivity contribution in [1.29, 1.82) is 0 Å². The van der Waals surface area contributed by atoms with Crippen molar-refractivity contribution >= 4 is 5.69 Å². The molecule has 52 valence electrons. The Hall–Kier alpha value is -1.06. The molecular weight excluding hydrogens is 130 g/mol. The first-order valence-corrected chi connectivity index (χ1v) is 2.89. The second-order valence-corrected chi connectivity index (χ2v) is 1.67. The fourth-order valence-corrected chi connectivity index (χ4v) is 0.590. The molecule has 0 aromatic heterocycles. The maximum atomic E-state index is 9.79. The molecule has 0 amide bonds. The van der Waals surface area contributed by atoms with E-state index in [0.717, 1.165) is 0 Å². The molecule has 1 aromatic carbocycles. The molecule has 1 rings (SSSR count).